The van der Waals surface area contributed by atoms with E-state index in [-0.39, 0.29) is 5.43 Å². The number of hydrogen-bond donors (Lipinski definition) is 5. The Balaban J connectivity index is 0.000000556. The third-order valence-corrected chi connectivity index (χ3v) is 5.20. The van der Waals surface area contributed by atoms with E-state index in [4.69, 9.17) is 23.7 Å². The summed E-state index contributed by atoms with van der Waals surface area (Å²) in [5.41, 5.74) is 2.22. The Labute approximate surface area is 202 Å². The highest BCUT2D eigenvalue weighted by Gasteiger charge is 2.24. The van der Waals surface area contributed by atoms with E-state index in [1.807, 2.05) is 13.0 Å². The summed E-state index contributed by atoms with van der Waals surface area (Å²) in [6.45, 7) is 1.97. The van der Waals surface area contributed by atoms with Crippen LogP contribution in [0.4, 0.5) is 10.2 Å². The molecule has 2 aromatic carbocycles. The van der Waals surface area contributed by atoms with Crippen molar-refractivity contribution in [3.63, 3.8) is 0 Å². The first kappa shape index (κ1) is 25.1. The molecule has 11 nitrogen and oxygen atoms in total. The van der Waals surface area contributed by atoms with Crippen LogP contribution in [0.1, 0.15) is 25.1 Å². The highest BCUT2D eigenvalue weighted by molar-refractivity contribution is 7.45. The normalized spacial score (nSPS) is 12.2. The molecular weight excluding hydrogens is 492 g/mol. The number of hydrogen-bond acceptors (Lipinski definition) is 7. The number of anilines is 1. The van der Waals surface area contributed by atoms with E-state index in [1.54, 1.807) is 36.7 Å². The molecular formula is C23H21FN5O6P. The van der Waals surface area contributed by atoms with Crippen LogP contribution in [-0.4, -0.2) is 34.6 Å². The lowest BCUT2D eigenvalue weighted by Gasteiger charge is -2.20. The molecule has 0 saturated heterocycles. The van der Waals surface area contributed by atoms with Crippen LogP contribution in [0.25, 0.3) is 33.3 Å². The van der Waals surface area contributed by atoms with Crippen molar-refractivity contribution in [1.29, 1.82) is 0 Å². The third-order valence-electron chi connectivity index (χ3n) is 5.20. The van der Waals surface area contributed by atoms with Gasteiger partial charge in [0.25, 0.3) is 0 Å². The van der Waals surface area contributed by atoms with Crippen LogP contribution in [-0.2, 0) is 4.57 Å². The molecule has 0 unspecified atom stereocenters. The molecule has 0 bridgehead atoms. The summed E-state index contributed by atoms with van der Waals surface area (Å²) < 4.78 is 29.1. The van der Waals surface area contributed by atoms with E-state index in [1.165, 1.54) is 18.5 Å². The van der Waals surface area contributed by atoms with Crippen molar-refractivity contribution < 1.29 is 28.1 Å². The maximum absolute atomic E-state index is 14.0. The van der Waals surface area contributed by atoms with E-state index in [0.29, 0.717) is 51.3 Å². The molecule has 0 spiro atoms. The Kier molecular flexibility index (Phi) is 7.22. The van der Waals surface area contributed by atoms with Gasteiger partial charge in [-0.15, -0.1) is 0 Å². The van der Waals surface area contributed by atoms with Crippen molar-refractivity contribution in [2.75, 3.05) is 5.32 Å². The minimum Gasteiger partial charge on any atom is -0.458 e. The number of rotatable bonds is 5. The molecule has 13 heteroatoms. The second kappa shape index (κ2) is 10.3. The smallest absolute Gasteiger partial charge is 0.458 e. The van der Waals surface area contributed by atoms with Crippen LogP contribution in [0.3, 0.4) is 0 Å². The molecule has 3 aromatic heterocycles. The summed E-state index contributed by atoms with van der Waals surface area (Å²) in [5.74, 6) is 0.533. The van der Waals surface area contributed by atoms with E-state index < -0.39 is 19.7 Å². The van der Waals surface area contributed by atoms with Crippen molar-refractivity contribution in [1.82, 2.24) is 19.9 Å². The molecule has 0 radical (unpaired) electrons. The molecule has 5 aromatic rings. The number of fused-ring (bicyclic) bond motifs is 2. The maximum atomic E-state index is 14.0. The van der Waals surface area contributed by atoms with E-state index in [9.17, 15) is 9.18 Å². The number of aromatic nitrogens is 4. The molecule has 5 N–H and O–H groups in total. The summed E-state index contributed by atoms with van der Waals surface area (Å²) in [7, 11) is -4.64. The lowest BCUT2D eigenvalue weighted by Crippen LogP contribution is -2.17. The predicted molar refractivity (Wildman–Crippen MR) is 130 cm³/mol. The average molecular weight is 513 g/mol. The second-order valence-corrected chi connectivity index (χ2v) is 8.65. The van der Waals surface area contributed by atoms with Gasteiger partial charge in [0.15, 0.2) is 11.5 Å². The highest BCUT2D eigenvalue weighted by atomic mass is 31.2. The van der Waals surface area contributed by atoms with Crippen molar-refractivity contribution >= 4 is 35.8 Å². The average Bonchev–Trinajstić information content (AvgIpc) is 3.31. The number of benzene rings is 2. The molecule has 0 amide bonds. The Bertz CT molecular complexity index is 1620. The van der Waals surface area contributed by atoms with Gasteiger partial charge < -0.3 is 29.4 Å². The van der Waals surface area contributed by atoms with Crippen LogP contribution in [0.15, 0.2) is 70.4 Å². The van der Waals surface area contributed by atoms with Gasteiger partial charge in [0.1, 0.15) is 29.0 Å². The first-order valence-corrected chi connectivity index (χ1v) is 12.2. The molecule has 5 rings (SSSR count). The fraction of sp³-hybridized carbons (Fsp3) is 0.130. The number of nitrogens with zero attached hydrogens (tertiary/aromatic N) is 3. The number of halogens is 1. The number of phosphoric acid groups is 1. The number of para-hydroxylation sites is 1. The van der Waals surface area contributed by atoms with Crippen LogP contribution in [0.2, 0.25) is 0 Å². The molecule has 36 heavy (non-hydrogen) atoms. The van der Waals surface area contributed by atoms with Crippen molar-refractivity contribution in [3.05, 3.63) is 83.0 Å². The molecule has 186 valence electrons. The Morgan fingerprint density at radius 2 is 1.86 bits per heavy atom. The third kappa shape index (κ3) is 5.64. The summed E-state index contributed by atoms with van der Waals surface area (Å²) in [4.78, 5) is 50.6. The van der Waals surface area contributed by atoms with Gasteiger partial charge >= 0.3 is 7.82 Å². The summed E-state index contributed by atoms with van der Waals surface area (Å²) in [6, 6.07) is 12.6. The topological polar surface area (TPSA) is 174 Å². The Hall–Kier alpha value is -3.96. The lowest BCUT2D eigenvalue weighted by molar-refractivity contribution is 0.275. The van der Waals surface area contributed by atoms with Gasteiger partial charge in [-0.05, 0) is 36.2 Å². The Morgan fingerprint density at radius 1 is 1.11 bits per heavy atom. The zero-order chi connectivity index (χ0) is 25.9. The maximum Gasteiger partial charge on any atom is 0.466 e. The minimum absolute atomic E-state index is 0.211. The minimum atomic E-state index is -4.64. The van der Waals surface area contributed by atoms with Gasteiger partial charge in [0, 0.05) is 0 Å². The van der Waals surface area contributed by atoms with Gasteiger partial charge in [-0.3, -0.25) is 4.79 Å². The molecule has 0 aliphatic heterocycles. The fourth-order valence-electron chi connectivity index (χ4n) is 3.71. The largest absolute Gasteiger partial charge is 0.466 e. The van der Waals surface area contributed by atoms with Crippen molar-refractivity contribution in [3.8, 4) is 11.1 Å². The first-order valence-electron chi connectivity index (χ1n) is 10.7. The van der Waals surface area contributed by atoms with Gasteiger partial charge in [-0.1, -0.05) is 31.2 Å². The van der Waals surface area contributed by atoms with E-state index in [0.717, 1.165) is 0 Å². The number of imidazole rings is 1. The zero-order valence-corrected chi connectivity index (χ0v) is 19.7. The van der Waals surface area contributed by atoms with Crippen LogP contribution < -0.4 is 10.7 Å². The molecule has 3 heterocycles. The summed E-state index contributed by atoms with van der Waals surface area (Å²) in [6.07, 6.45) is 3.55. The zero-order valence-electron chi connectivity index (χ0n) is 18.8. The molecule has 0 fully saturated rings. The molecule has 0 saturated carbocycles. The standard InChI is InChI=1S/C23H18FN5O2.H3O4P/c1-2-16(29-23-19-22(26-11-25-19)27-12-28-23)21-18(13-6-5-7-14(24)10-13)20(30)15-8-3-4-9-17(15)31-21;1-5(2,3)4/h3-12,16H,2H2,1H3,(H2,25,26,27,28,29);(H3,1,2,3,4)/t16-;/m0./s1. The summed E-state index contributed by atoms with van der Waals surface area (Å²) >= 11 is 0. The van der Waals surface area contributed by atoms with Crippen LogP contribution in [0.5, 0.6) is 0 Å². The van der Waals surface area contributed by atoms with E-state index >= 15 is 0 Å². The second-order valence-electron chi connectivity index (χ2n) is 7.62. The predicted octanol–water partition coefficient (Wildman–Crippen LogP) is 3.90. The number of nitrogens with one attached hydrogen (secondary N) is 2. The monoisotopic (exact) mass is 513 g/mol. The van der Waals surface area contributed by atoms with E-state index in [2.05, 4.69) is 25.3 Å². The van der Waals surface area contributed by atoms with Gasteiger partial charge in [-0.25, -0.2) is 23.9 Å². The number of aromatic amines is 1. The van der Waals surface area contributed by atoms with Crippen LogP contribution in [0, 0.1) is 5.82 Å². The quantitative estimate of drug-likeness (QED) is 0.217. The van der Waals surface area contributed by atoms with Gasteiger partial charge in [0.05, 0.1) is 23.3 Å². The van der Waals surface area contributed by atoms with Crippen molar-refractivity contribution in [2.45, 2.75) is 19.4 Å². The SMILES string of the molecule is CC[C@H](Nc1ncnc2nc[nH]c12)c1oc2ccccc2c(=O)c1-c1cccc(F)c1.O=P(O)(O)O. The Morgan fingerprint density at radius 3 is 2.58 bits per heavy atom. The molecule has 0 aliphatic carbocycles. The van der Waals surface area contributed by atoms with Crippen molar-refractivity contribution in [2.24, 2.45) is 0 Å². The fourth-order valence-corrected chi connectivity index (χ4v) is 3.71. The molecule has 0 aliphatic rings. The lowest BCUT2D eigenvalue weighted by atomic mass is 9.97. The highest BCUT2D eigenvalue weighted by Crippen LogP contribution is 2.33. The first-order chi connectivity index (χ1) is 17.2. The molecule has 1 atom stereocenters. The van der Waals surface area contributed by atoms with Gasteiger partial charge in [0.2, 0.25) is 5.43 Å². The number of H-pyrrole nitrogens is 1. The van der Waals surface area contributed by atoms with Crippen LogP contribution >= 0.6 is 7.82 Å². The summed E-state index contributed by atoms with van der Waals surface area (Å²) in [5, 5.41) is 3.78. The van der Waals surface area contributed by atoms with Gasteiger partial charge in [-0.2, -0.15) is 0 Å².